The molecule has 1 aliphatic heterocycles. The molecule has 2 aromatic rings. The third kappa shape index (κ3) is 5.30. The summed E-state index contributed by atoms with van der Waals surface area (Å²) in [4.78, 5) is 38.4. The van der Waals surface area contributed by atoms with Gasteiger partial charge >= 0.3 is 6.03 Å². The summed E-state index contributed by atoms with van der Waals surface area (Å²) in [5, 5.41) is 11.7. The normalized spacial score (nSPS) is 17.4. The van der Waals surface area contributed by atoms with Crippen LogP contribution < -0.4 is 10.8 Å². The Balaban J connectivity index is 1.62. The average Bonchev–Trinajstić information content (AvgIpc) is 3.01. The second-order valence-corrected chi connectivity index (χ2v) is 8.97. The van der Waals surface area contributed by atoms with Crippen molar-refractivity contribution in [2.75, 3.05) is 0 Å². The number of imide groups is 1. The first-order valence-corrected chi connectivity index (χ1v) is 10.4. The summed E-state index contributed by atoms with van der Waals surface area (Å²) in [7, 11) is 0. The van der Waals surface area contributed by atoms with Crippen LogP contribution in [0.3, 0.4) is 0 Å². The fourth-order valence-electron chi connectivity index (χ4n) is 3.91. The molecule has 4 amide bonds. The maximum absolute atomic E-state index is 12.9. The van der Waals surface area contributed by atoms with Crippen molar-refractivity contribution in [3.63, 3.8) is 0 Å². The zero-order chi connectivity index (χ0) is 22.6. The summed E-state index contributed by atoms with van der Waals surface area (Å²) in [6, 6.07) is 16.0. The highest BCUT2D eigenvalue weighted by molar-refractivity contribution is 6.07. The lowest BCUT2D eigenvalue weighted by molar-refractivity contribution is -0.144. The third-order valence-corrected chi connectivity index (χ3v) is 5.48. The fraction of sp³-hybridized carbons (Fsp3) is 0.375. The van der Waals surface area contributed by atoms with Crippen molar-refractivity contribution in [3.05, 3.63) is 71.3 Å². The van der Waals surface area contributed by atoms with Crippen molar-refractivity contribution < 1.29 is 19.6 Å². The molecule has 164 valence electrons. The number of benzene rings is 2. The van der Waals surface area contributed by atoms with Gasteiger partial charge in [-0.2, -0.15) is 0 Å². The Hall–Kier alpha value is -3.19. The number of amides is 4. The molecule has 0 bridgehead atoms. The summed E-state index contributed by atoms with van der Waals surface area (Å²) in [6.45, 7) is 5.20. The minimum Gasteiger partial charge on any atom is -0.326 e. The molecule has 3 rings (SSSR count). The maximum Gasteiger partial charge on any atom is 0.325 e. The van der Waals surface area contributed by atoms with E-state index in [9.17, 15) is 14.4 Å². The first-order valence-electron chi connectivity index (χ1n) is 10.4. The molecule has 1 saturated heterocycles. The van der Waals surface area contributed by atoms with E-state index in [-0.39, 0.29) is 0 Å². The zero-order valence-corrected chi connectivity index (χ0v) is 18.1. The number of nitrogens with zero attached hydrogens (tertiary/aromatic N) is 1. The highest BCUT2D eigenvalue weighted by Gasteiger charge is 2.48. The molecule has 0 aliphatic carbocycles. The average molecular weight is 424 g/mol. The predicted octanol–water partition coefficient (Wildman–Crippen LogP) is 3.05. The van der Waals surface area contributed by atoms with E-state index in [0.717, 1.165) is 16.9 Å². The van der Waals surface area contributed by atoms with Crippen LogP contribution in [0.1, 0.15) is 43.9 Å². The molecule has 2 aromatic carbocycles. The van der Waals surface area contributed by atoms with Crippen LogP contribution in [0.2, 0.25) is 0 Å². The van der Waals surface area contributed by atoms with Gasteiger partial charge in [0.05, 0.1) is 0 Å². The van der Waals surface area contributed by atoms with E-state index in [1.807, 2.05) is 30.3 Å². The SMILES string of the molecule is CC(C)(C)C(C(=O)NO)N1C(=O)NC(CCc2ccc(Cc3ccccc3)cc2)C1=O. The molecule has 0 radical (unpaired) electrons. The summed E-state index contributed by atoms with van der Waals surface area (Å²) in [6.07, 6.45) is 1.90. The van der Waals surface area contributed by atoms with Gasteiger partial charge in [0, 0.05) is 0 Å². The van der Waals surface area contributed by atoms with Crippen LogP contribution in [0.4, 0.5) is 4.79 Å². The molecule has 1 fully saturated rings. The largest absolute Gasteiger partial charge is 0.326 e. The lowest BCUT2D eigenvalue weighted by atomic mass is 9.85. The highest BCUT2D eigenvalue weighted by Crippen LogP contribution is 2.28. The van der Waals surface area contributed by atoms with Crippen molar-refractivity contribution in [1.29, 1.82) is 0 Å². The van der Waals surface area contributed by atoms with Crippen molar-refractivity contribution in [2.24, 2.45) is 5.41 Å². The number of hydroxylamine groups is 1. The molecular formula is C24H29N3O4. The minimum atomic E-state index is -1.10. The lowest BCUT2D eigenvalue weighted by Gasteiger charge is -2.34. The first-order chi connectivity index (χ1) is 14.7. The van der Waals surface area contributed by atoms with Gasteiger partial charge in [-0.1, -0.05) is 75.4 Å². The van der Waals surface area contributed by atoms with E-state index in [1.54, 1.807) is 26.3 Å². The van der Waals surface area contributed by atoms with E-state index < -0.39 is 35.3 Å². The number of nitrogens with one attached hydrogen (secondary N) is 2. The Bertz CT molecular complexity index is 936. The molecule has 3 N–H and O–H groups in total. The van der Waals surface area contributed by atoms with E-state index >= 15 is 0 Å². The van der Waals surface area contributed by atoms with E-state index in [1.165, 1.54) is 11.1 Å². The second-order valence-electron chi connectivity index (χ2n) is 8.97. The van der Waals surface area contributed by atoms with Gasteiger partial charge in [-0.15, -0.1) is 0 Å². The molecular weight excluding hydrogens is 394 g/mol. The third-order valence-electron chi connectivity index (χ3n) is 5.48. The topological polar surface area (TPSA) is 98.7 Å². The van der Waals surface area contributed by atoms with Gasteiger partial charge in [-0.3, -0.25) is 14.8 Å². The Morgan fingerprint density at radius 2 is 1.61 bits per heavy atom. The lowest BCUT2D eigenvalue weighted by Crippen LogP contribution is -2.55. The van der Waals surface area contributed by atoms with Crippen LogP contribution in [0.5, 0.6) is 0 Å². The molecule has 1 aliphatic rings. The van der Waals surface area contributed by atoms with E-state index in [2.05, 4.69) is 29.6 Å². The van der Waals surface area contributed by atoms with E-state index in [4.69, 9.17) is 5.21 Å². The molecule has 31 heavy (non-hydrogen) atoms. The number of rotatable bonds is 7. The standard InChI is InChI=1S/C24H29N3O4/c1-24(2,3)20(21(28)26-31)27-22(29)19(25-23(27)30)14-13-16-9-11-18(12-10-16)15-17-7-5-4-6-8-17/h4-12,19-20,31H,13-15H2,1-3H3,(H,25,30)(H,26,28). The molecule has 0 saturated carbocycles. The minimum absolute atomic E-state index is 0.427. The number of aryl methyl sites for hydroxylation is 1. The van der Waals surface area contributed by atoms with Crippen LogP contribution in [0.25, 0.3) is 0 Å². The van der Waals surface area contributed by atoms with Gasteiger partial charge in [0.1, 0.15) is 12.1 Å². The van der Waals surface area contributed by atoms with Crippen LogP contribution in [0, 0.1) is 5.41 Å². The molecule has 2 unspecified atom stereocenters. The predicted molar refractivity (Wildman–Crippen MR) is 116 cm³/mol. The molecule has 2 atom stereocenters. The molecule has 1 heterocycles. The van der Waals surface area contributed by atoms with Gasteiger partial charge in [0.15, 0.2) is 0 Å². The van der Waals surface area contributed by atoms with Gasteiger partial charge in [0.2, 0.25) is 0 Å². The molecule has 7 nitrogen and oxygen atoms in total. The van der Waals surface area contributed by atoms with Crippen molar-refractivity contribution in [1.82, 2.24) is 15.7 Å². The summed E-state index contributed by atoms with van der Waals surface area (Å²) in [5.74, 6) is -1.24. The summed E-state index contributed by atoms with van der Waals surface area (Å²) in [5.41, 5.74) is 4.36. The van der Waals surface area contributed by atoms with Gasteiger partial charge in [0.25, 0.3) is 11.8 Å². The summed E-state index contributed by atoms with van der Waals surface area (Å²) < 4.78 is 0. The van der Waals surface area contributed by atoms with Gasteiger partial charge in [-0.05, 0) is 41.4 Å². The highest BCUT2D eigenvalue weighted by atomic mass is 16.5. The molecule has 0 spiro atoms. The van der Waals surface area contributed by atoms with Crippen LogP contribution in [0.15, 0.2) is 54.6 Å². The number of hydrogen-bond acceptors (Lipinski definition) is 4. The zero-order valence-electron chi connectivity index (χ0n) is 18.1. The number of hydrogen-bond donors (Lipinski definition) is 3. The number of urea groups is 1. The van der Waals surface area contributed by atoms with Crippen molar-refractivity contribution in [3.8, 4) is 0 Å². The Kier molecular flexibility index (Phi) is 6.75. The monoisotopic (exact) mass is 423 g/mol. The Morgan fingerprint density at radius 1 is 1.03 bits per heavy atom. The molecule has 7 heteroatoms. The van der Waals surface area contributed by atoms with Gasteiger partial charge in [-0.25, -0.2) is 15.2 Å². The quantitative estimate of drug-likeness (QED) is 0.362. The molecule has 0 aromatic heterocycles. The number of carbonyl (C=O) groups is 3. The second kappa shape index (κ2) is 9.31. The van der Waals surface area contributed by atoms with Crippen molar-refractivity contribution >= 4 is 17.8 Å². The van der Waals surface area contributed by atoms with Crippen LogP contribution in [-0.2, 0) is 22.4 Å². The maximum atomic E-state index is 12.9. The van der Waals surface area contributed by atoms with E-state index in [0.29, 0.717) is 12.8 Å². The van der Waals surface area contributed by atoms with Gasteiger partial charge < -0.3 is 5.32 Å². The number of carbonyl (C=O) groups excluding carboxylic acids is 3. The van der Waals surface area contributed by atoms with Crippen molar-refractivity contribution in [2.45, 2.75) is 52.1 Å². The summed E-state index contributed by atoms with van der Waals surface area (Å²) >= 11 is 0. The first kappa shape index (κ1) is 22.5. The van der Waals surface area contributed by atoms with Crippen LogP contribution >= 0.6 is 0 Å². The fourth-order valence-corrected chi connectivity index (χ4v) is 3.91. The smallest absolute Gasteiger partial charge is 0.325 e. The van der Waals surface area contributed by atoms with Crippen LogP contribution in [-0.4, -0.2) is 40.0 Å². The Morgan fingerprint density at radius 3 is 2.19 bits per heavy atom. The Labute approximate surface area is 182 Å².